The molecule has 2 aliphatic heterocycles. The second-order valence-corrected chi connectivity index (χ2v) is 10.0. The van der Waals surface area contributed by atoms with Gasteiger partial charge in [-0.3, -0.25) is 9.78 Å². The molecular formula is C21H23FN4O4S. The monoisotopic (exact) mass is 446 g/mol. The van der Waals surface area contributed by atoms with Gasteiger partial charge in [-0.05, 0) is 42.7 Å². The van der Waals surface area contributed by atoms with Crippen LogP contribution in [0.3, 0.4) is 0 Å². The number of benzene rings is 1. The molecule has 1 aromatic carbocycles. The minimum Gasteiger partial charge on any atom is -0.378 e. The minimum absolute atomic E-state index is 0.0171. The molecule has 0 radical (unpaired) electrons. The van der Waals surface area contributed by atoms with E-state index < -0.39 is 26.6 Å². The molecule has 3 heterocycles. The second-order valence-electron chi connectivity index (χ2n) is 7.87. The zero-order chi connectivity index (χ0) is 22.4. The van der Waals surface area contributed by atoms with Crippen molar-refractivity contribution in [3.63, 3.8) is 0 Å². The Balaban J connectivity index is 1.77. The first-order valence-corrected chi connectivity index (χ1v) is 11.3. The molecule has 1 aromatic heterocycles. The van der Waals surface area contributed by atoms with E-state index in [1.807, 2.05) is 6.92 Å². The summed E-state index contributed by atoms with van der Waals surface area (Å²) in [5.74, 6) is -1.09. The van der Waals surface area contributed by atoms with Crippen molar-refractivity contribution in [2.45, 2.75) is 30.6 Å². The van der Waals surface area contributed by atoms with Crippen molar-refractivity contribution in [3.8, 4) is 0 Å². The predicted molar refractivity (Wildman–Crippen MR) is 113 cm³/mol. The van der Waals surface area contributed by atoms with Crippen molar-refractivity contribution in [2.75, 3.05) is 20.3 Å². The zero-order valence-electron chi connectivity index (χ0n) is 17.2. The lowest BCUT2D eigenvalue weighted by Gasteiger charge is -2.45. The number of nitrogens with zero attached hydrogens (tertiary/aromatic N) is 3. The van der Waals surface area contributed by atoms with Crippen molar-refractivity contribution >= 4 is 21.8 Å². The fourth-order valence-electron chi connectivity index (χ4n) is 4.08. The number of ketones is 1. The summed E-state index contributed by atoms with van der Waals surface area (Å²) < 4.78 is 47.6. The van der Waals surface area contributed by atoms with E-state index in [1.165, 1.54) is 25.2 Å². The molecule has 0 amide bonds. The molecule has 0 saturated carbocycles. The highest BCUT2D eigenvalue weighted by atomic mass is 32.2. The highest BCUT2D eigenvalue weighted by molar-refractivity contribution is 7.90. The Morgan fingerprint density at radius 1 is 1.35 bits per heavy atom. The van der Waals surface area contributed by atoms with Crippen molar-refractivity contribution in [1.82, 2.24) is 9.29 Å². The number of ether oxygens (including phenoxy) is 1. The highest BCUT2D eigenvalue weighted by Crippen LogP contribution is 2.43. The summed E-state index contributed by atoms with van der Waals surface area (Å²) in [6.07, 6.45) is 1.74. The summed E-state index contributed by atoms with van der Waals surface area (Å²) >= 11 is 0. The van der Waals surface area contributed by atoms with Crippen LogP contribution in [0.1, 0.15) is 33.6 Å². The molecule has 4 rings (SSSR count). The number of rotatable bonds is 4. The summed E-state index contributed by atoms with van der Waals surface area (Å²) in [6, 6.07) is 7.63. The third-order valence-electron chi connectivity index (χ3n) is 5.82. The number of halogens is 1. The number of pyridine rings is 1. The number of carbonyl (C=O) groups excluding carboxylic acids is 1. The minimum atomic E-state index is -3.86. The van der Waals surface area contributed by atoms with Gasteiger partial charge < -0.3 is 10.5 Å². The Labute approximate surface area is 180 Å². The van der Waals surface area contributed by atoms with Crippen molar-refractivity contribution in [1.29, 1.82) is 0 Å². The van der Waals surface area contributed by atoms with E-state index >= 15 is 4.39 Å². The molecule has 2 atom stereocenters. The molecule has 2 aliphatic rings. The summed E-state index contributed by atoms with van der Waals surface area (Å²) in [7, 11) is -2.54. The average molecular weight is 447 g/mol. The number of sulfonamides is 1. The van der Waals surface area contributed by atoms with Crippen LogP contribution in [0.2, 0.25) is 0 Å². The molecule has 2 N–H and O–H groups in total. The number of hydrogen-bond donors (Lipinski definition) is 1. The van der Waals surface area contributed by atoms with E-state index in [9.17, 15) is 13.2 Å². The topological polar surface area (TPSA) is 115 Å². The number of carbonyl (C=O) groups is 1. The molecule has 8 nitrogen and oxygen atoms in total. The third kappa shape index (κ3) is 3.59. The fourth-order valence-corrected chi connectivity index (χ4v) is 5.90. The Kier molecular flexibility index (Phi) is 5.30. The molecule has 1 unspecified atom stereocenters. The van der Waals surface area contributed by atoms with Crippen molar-refractivity contribution in [3.05, 3.63) is 64.7 Å². The number of aryl methyl sites for hydroxylation is 1. The quantitative estimate of drug-likeness (QED) is 0.713. The number of hydrogen-bond acceptors (Lipinski definition) is 7. The molecule has 31 heavy (non-hydrogen) atoms. The van der Waals surface area contributed by atoms with Crippen molar-refractivity contribution < 1.29 is 22.3 Å². The first-order valence-electron chi connectivity index (χ1n) is 9.81. The van der Waals surface area contributed by atoms with Crippen LogP contribution in [0.4, 0.5) is 4.39 Å². The Morgan fingerprint density at radius 2 is 2.13 bits per heavy atom. The summed E-state index contributed by atoms with van der Waals surface area (Å²) in [4.78, 5) is 21.2. The van der Waals surface area contributed by atoms with Crippen LogP contribution in [-0.2, 0) is 26.7 Å². The lowest BCUT2D eigenvalue weighted by atomic mass is 9.83. The Morgan fingerprint density at radius 3 is 2.84 bits per heavy atom. The van der Waals surface area contributed by atoms with Gasteiger partial charge in [0.1, 0.15) is 22.3 Å². The molecule has 2 aromatic rings. The summed E-state index contributed by atoms with van der Waals surface area (Å²) in [6.45, 7) is 1.96. The lowest BCUT2D eigenvalue weighted by Crippen LogP contribution is -2.61. The maximum absolute atomic E-state index is 15.0. The van der Waals surface area contributed by atoms with Gasteiger partial charge in [0, 0.05) is 31.8 Å². The third-order valence-corrected chi connectivity index (χ3v) is 8.11. The standard InChI is InChI=1S/C21H23FN4O4S/c1-13-3-6-17(24-11-13)18(27)10-14-4-5-16(22)15(9-14)21-12-30-8-7-19(21)31(28,29)26(2)20(23)25-21/h3-6,9,11,19H,7-8,10,12H2,1-2H3,(H2,23,25)/t19?,21-/m1/s1. The molecule has 164 valence electrons. The van der Waals surface area contributed by atoms with Crippen LogP contribution in [0.25, 0.3) is 0 Å². The first-order chi connectivity index (χ1) is 14.6. The van der Waals surface area contributed by atoms with Gasteiger partial charge in [0.15, 0.2) is 5.78 Å². The largest absolute Gasteiger partial charge is 0.378 e. The molecule has 1 fully saturated rings. The number of nitrogens with two attached hydrogens (primary N) is 1. The number of aromatic nitrogens is 1. The van der Waals surface area contributed by atoms with Crippen molar-refractivity contribution in [2.24, 2.45) is 10.7 Å². The predicted octanol–water partition coefficient (Wildman–Crippen LogP) is 1.53. The maximum atomic E-state index is 15.0. The lowest BCUT2D eigenvalue weighted by molar-refractivity contribution is 0.0360. The SMILES string of the molecule is Cc1ccc(C(=O)Cc2ccc(F)c([C@]34COCCC3S(=O)(=O)N(C)C(N)=N4)c2)nc1. The molecule has 0 aliphatic carbocycles. The maximum Gasteiger partial charge on any atom is 0.242 e. The summed E-state index contributed by atoms with van der Waals surface area (Å²) in [5.41, 5.74) is 6.19. The van der Waals surface area contributed by atoms with E-state index in [0.29, 0.717) is 11.3 Å². The molecule has 0 spiro atoms. The Bertz CT molecular complexity index is 1170. The van der Waals surface area contributed by atoms with Gasteiger partial charge in [-0.15, -0.1) is 0 Å². The van der Waals surface area contributed by atoms with Gasteiger partial charge in [-0.2, -0.15) is 0 Å². The number of guanidine groups is 1. The number of fused-ring (bicyclic) bond motifs is 1. The van der Waals surface area contributed by atoms with E-state index in [0.717, 1.165) is 9.87 Å². The van der Waals surface area contributed by atoms with Gasteiger partial charge >= 0.3 is 0 Å². The van der Waals surface area contributed by atoms with Gasteiger partial charge in [-0.25, -0.2) is 22.1 Å². The normalized spacial score (nSPS) is 24.9. The fraction of sp³-hybridized carbons (Fsp3) is 0.381. The molecule has 10 heteroatoms. The molecular weight excluding hydrogens is 423 g/mol. The van der Waals surface area contributed by atoms with Crippen LogP contribution in [0.15, 0.2) is 41.5 Å². The molecule has 0 bridgehead atoms. The van der Waals surface area contributed by atoms with E-state index in [2.05, 4.69) is 9.98 Å². The van der Waals surface area contributed by atoms with Crippen LogP contribution >= 0.6 is 0 Å². The highest BCUT2D eigenvalue weighted by Gasteiger charge is 2.56. The zero-order valence-corrected chi connectivity index (χ0v) is 18.0. The van der Waals surface area contributed by atoms with E-state index in [-0.39, 0.29) is 43.4 Å². The van der Waals surface area contributed by atoms with Crippen LogP contribution in [-0.4, -0.2) is 55.0 Å². The average Bonchev–Trinajstić information content (AvgIpc) is 2.74. The second kappa shape index (κ2) is 7.69. The van der Waals surface area contributed by atoms with Crippen LogP contribution in [0, 0.1) is 12.7 Å². The number of aliphatic imine (C=N–C) groups is 1. The molecule has 1 saturated heterocycles. The van der Waals surface area contributed by atoms with Gasteiger partial charge in [-0.1, -0.05) is 12.1 Å². The van der Waals surface area contributed by atoms with Crippen LogP contribution < -0.4 is 5.73 Å². The number of Topliss-reactive ketones (excluding diaryl/α,β-unsaturated/α-hetero) is 1. The van der Waals surface area contributed by atoms with Gasteiger partial charge in [0.25, 0.3) is 0 Å². The first kappa shape index (κ1) is 21.4. The van der Waals surface area contributed by atoms with Gasteiger partial charge in [0.05, 0.1) is 6.61 Å². The van der Waals surface area contributed by atoms with Gasteiger partial charge in [0.2, 0.25) is 16.0 Å². The summed E-state index contributed by atoms with van der Waals surface area (Å²) in [5, 5.41) is -1.02. The smallest absolute Gasteiger partial charge is 0.242 e. The Hall–Kier alpha value is -2.85. The van der Waals surface area contributed by atoms with E-state index in [4.69, 9.17) is 10.5 Å². The van der Waals surface area contributed by atoms with Crippen LogP contribution in [0.5, 0.6) is 0 Å². The van der Waals surface area contributed by atoms with E-state index in [1.54, 1.807) is 18.3 Å².